The maximum atomic E-state index is 12.4. The molecule has 0 saturated carbocycles. The van der Waals surface area contributed by atoms with Crippen LogP contribution in [-0.2, 0) is 4.79 Å². The number of nitrogens with one attached hydrogen (secondary N) is 1. The fraction of sp³-hybridized carbons (Fsp3) is 0. The fourth-order valence-electron chi connectivity index (χ4n) is 2.19. The highest BCUT2D eigenvalue weighted by Gasteiger charge is 2.15. The van der Waals surface area contributed by atoms with Gasteiger partial charge in [-0.3, -0.25) is 4.79 Å². The molecule has 1 aromatic heterocycles. The van der Waals surface area contributed by atoms with E-state index in [-0.39, 0.29) is 10.6 Å². The van der Waals surface area contributed by atoms with Gasteiger partial charge in [0.05, 0.1) is 15.2 Å². The highest BCUT2D eigenvalue weighted by molar-refractivity contribution is 9.10. The lowest BCUT2D eigenvalue weighted by atomic mass is 10.2. The maximum Gasteiger partial charge on any atom is 0.266 e. The molecule has 0 spiro atoms. The Morgan fingerprint density at radius 3 is 2.45 bits per heavy atom. The number of benzene rings is 2. The Morgan fingerprint density at radius 2 is 1.79 bits per heavy atom. The van der Waals surface area contributed by atoms with Crippen LogP contribution in [0.15, 0.2) is 73.0 Å². The van der Waals surface area contributed by atoms with Crippen LogP contribution >= 0.6 is 62.5 Å². The van der Waals surface area contributed by atoms with Crippen molar-refractivity contribution in [3.05, 3.63) is 79.4 Å². The molecule has 0 fully saturated rings. The molecule has 3 aromatic rings. The Morgan fingerprint density at radius 1 is 1.10 bits per heavy atom. The number of rotatable bonds is 5. The number of carbonyl (C=O) groups excluding carboxylic acids is 1. The predicted octanol–water partition coefficient (Wildman–Crippen LogP) is 7.70. The zero-order valence-electron chi connectivity index (χ0n) is 14.4. The molecule has 4 nitrogen and oxygen atoms in total. The van der Waals surface area contributed by atoms with Crippen molar-refractivity contribution in [2.45, 2.75) is 9.99 Å². The second-order valence-corrected chi connectivity index (χ2v) is 8.77. The number of furan rings is 1. The zero-order valence-corrected chi connectivity index (χ0v) is 19.1. The lowest BCUT2D eigenvalue weighted by Crippen LogP contribution is -2.13. The summed E-state index contributed by atoms with van der Waals surface area (Å²) in [6.07, 6.45) is 1.36. The topological polar surface area (TPSA) is 66.0 Å². The molecular formula is C20H10BrCl3N2O2S. The van der Waals surface area contributed by atoms with Gasteiger partial charge in [-0.05, 0) is 64.5 Å². The van der Waals surface area contributed by atoms with Gasteiger partial charge in [0.25, 0.3) is 5.91 Å². The highest BCUT2D eigenvalue weighted by Crippen LogP contribution is 2.37. The summed E-state index contributed by atoms with van der Waals surface area (Å²) < 4.78 is 6.45. The molecule has 146 valence electrons. The van der Waals surface area contributed by atoms with Crippen LogP contribution in [-0.4, -0.2) is 5.91 Å². The third-order valence-electron chi connectivity index (χ3n) is 3.53. The van der Waals surface area contributed by atoms with Gasteiger partial charge in [-0.25, -0.2) is 0 Å². The molecule has 9 heteroatoms. The van der Waals surface area contributed by atoms with Crippen LogP contribution in [0, 0.1) is 11.3 Å². The van der Waals surface area contributed by atoms with Crippen LogP contribution in [0.2, 0.25) is 15.1 Å². The van der Waals surface area contributed by atoms with Crippen molar-refractivity contribution in [1.29, 1.82) is 5.26 Å². The minimum atomic E-state index is -0.615. The molecule has 1 N–H and O–H groups in total. The van der Waals surface area contributed by atoms with E-state index in [1.165, 1.54) is 23.9 Å². The monoisotopic (exact) mass is 526 g/mol. The van der Waals surface area contributed by atoms with Gasteiger partial charge in [0.15, 0.2) is 5.09 Å². The minimum Gasteiger partial charge on any atom is -0.449 e. The third kappa shape index (κ3) is 5.81. The number of carbonyl (C=O) groups is 1. The van der Waals surface area contributed by atoms with Gasteiger partial charge in [-0.2, -0.15) is 5.26 Å². The van der Waals surface area contributed by atoms with Crippen LogP contribution in [0.1, 0.15) is 5.76 Å². The van der Waals surface area contributed by atoms with Gasteiger partial charge < -0.3 is 9.73 Å². The van der Waals surface area contributed by atoms with E-state index in [2.05, 4.69) is 21.2 Å². The number of anilines is 1. The summed E-state index contributed by atoms with van der Waals surface area (Å²) in [5, 5.41) is 13.9. The van der Waals surface area contributed by atoms with Crippen molar-refractivity contribution in [3.63, 3.8) is 0 Å². The van der Waals surface area contributed by atoms with Crippen LogP contribution in [0.4, 0.5) is 5.69 Å². The Balaban J connectivity index is 1.79. The number of nitrogens with zero attached hydrogens (tertiary/aromatic N) is 1. The van der Waals surface area contributed by atoms with Gasteiger partial charge >= 0.3 is 0 Å². The summed E-state index contributed by atoms with van der Waals surface area (Å²) >= 11 is 22.6. The van der Waals surface area contributed by atoms with E-state index in [1.807, 2.05) is 18.2 Å². The van der Waals surface area contributed by atoms with Crippen molar-refractivity contribution in [3.8, 4) is 6.07 Å². The first-order chi connectivity index (χ1) is 13.9. The normalized spacial score (nSPS) is 11.2. The molecule has 0 aliphatic heterocycles. The lowest BCUT2D eigenvalue weighted by Gasteiger charge is -2.06. The summed E-state index contributed by atoms with van der Waals surface area (Å²) in [6, 6.07) is 15.5. The SMILES string of the molecule is N#C/C(=C/c1cc(Br)c(Sc2ccc(Cl)cc2)o1)C(=O)Nc1ccc(Cl)cc1Cl. The Hall–Kier alpha value is -1.88. The lowest BCUT2D eigenvalue weighted by molar-refractivity contribution is -0.112. The van der Waals surface area contributed by atoms with E-state index < -0.39 is 5.91 Å². The summed E-state index contributed by atoms with van der Waals surface area (Å²) in [6.45, 7) is 0. The van der Waals surface area contributed by atoms with Crippen LogP contribution in [0.3, 0.4) is 0 Å². The van der Waals surface area contributed by atoms with Crippen molar-refractivity contribution < 1.29 is 9.21 Å². The van der Waals surface area contributed by atoms with Gasteiger partial charge in [-0.1, -0.05) is 46.6 Å². The number of hydrogen-bond donors (Lipinski definition) is 1. The summed E-state index contributed by atoms with van der Waals surface area (Å²) in [5.74, 6) is -0.265. The average molecular weight is 529 g/mol. The first kappa shape index (κ1) is 21.8. The number of amides is 1. The van der Waals surface area contributed by atoms with E-state index in [1.54, 1.807) is 30.3 Å². The number of hydrogen-bond acceptors (Lipinski definition) is 4. The van der Waals surface area contributed by atoms with Crippen molar-refractivity contribution in [1.82, 2.24) is 0 Å². The Bertz CT molecular complexity index is 1140. The fourth-order valence-corrected chi connectivity index (χ4v) is 4.10. The summed E-state index contributed by atoms with van der Waals surface area (Å²) in [5.41, 5.74) is 0.210. The van der Waals surface area contributed by atoms with Gasteiger partial charge in [0, 0.05) is 21.0 Å². The van der Waals surface area contributed by atoms with E-state index in [0.29, 0.717) is 31.1 Å². The quantitative estimate of drug-likeness (QED) is 0.272. The van der Waals surface area contributed by atoms with Crippen molar-refractivity contribution in [2.24, 2.45) is 0 Å². The molecule has 0 saturated heterocycles. The maximum absolute atomic E-state index is 12.4. The van der Waals surface area contributed by atoms with E-state index in [9.17, 15) is 10.1 Å². The largest absolute Gasteiger partial charge is 0.449 e. The van der Waals surface area contributed by atoms with Gasteiger partial charge in [0.1, 0.15) is 17.4 Å². The molecule has 0 radical (unpaired) electrons. The molecule has 29 heavy (non-hydrogen) atoms. The molecule has 3 rings (SSSR count). The molecule has 0 atom stereocenters. The molecule has 1 heterocycles. The average Bonchev–Trinajstić information content (AvgIpc) is 3.02. The third-order valence-corrected chi connectivity index (χ3v) is 6.18. The second kappa shape index (κ2) is 9.75. The molecule has 2 aromatic carbocycles. The molecule has 0 bridgehead atoms. The molecule has 1 amide bonds. The van der Waals surface area contributed by atoms with E-state index in [0.717, 1.165) is 4.90 Å². The van der Waals surface area contributed by atoms with Gasteiger partial charge in [0.2, 0.25) is 0 Å². The van der Waals surface area contributed by atoms with Crippen LogP contribution in [0.5, 0.6) is 0 Å². The first-order valence-corrected chi connectivity index (χ1v) is 10.7. The number of halogens is 4. The first-order valence-electron chi connectivity index (χ1n) is 7.96. The minimum absolute atomic E-state index is 0.139. The van der Waals surface area contributed by atoms with Crippen molar-refractivity contribution >= 4 is 80.2 Å². The second-order valence-electron chi connectivity index (χ2n) is 5.59. The zero-order chi connectivity index (χ0) is 21.0. The molecule has 0 unspecified atom stereocenters. The van der Waals surface area contributed by atoms with Crippen LogP contribution in [0.25, 0.3) is 6.08 Å². The summed E-state index contributed by atoms with van der Waals surface area (Å²) in [7, 11) is 0. The van der Waals surface area contributed by atoms with Crippen molar-refractivity contribution in [2.75, 3.05) is 5.32 Å². The summed E-state index contributed by atoms with van der Waals surface area (Å²) in [4.78, 5) is 13.4. The Labute approximate surface area is 194 Å². The van der Waals surface area contributed by atoms with E-state index in [4.69, 9.17) is 39.2 Å². The molecule has 0 aliphatic carbocycles. The van der Waals surface area contributed by atoms with E-state index >= 15 is 0 Å². The van der Waals surface area contributed by atoms with Gasteiger partial charge in [-0.15, -0.1) is 0 Å². The predicted molar refractivity (Wildman–Crippen MR) is 121 cm³/mol. The molecule has 0 aliphatic rings. The highest BCUT2D eigenvalue weighted by atomic mass is 79.9. The standard InChI is InChI=1S/C20H10BrCl3N2O2S/c21-16-9-14(28-20(16)29-15-4-1-12(22)2-5-15)7-11(10-25)19(27)26-18-6-3-13(23)8-17(18)24/h1-9H,(H,26,27)/b11-7-. The Kier molecular flexibility index (Phi) is 7.33. The number of nitriles is 1. The van der Waals surface area contributed by atoms with Crippen LogP contribution < -0.4 is 5.32 Å². The molecular weight excluding hydrogens is 519 g/mol. The smallest absolute Gasteiger partial charge is 0.266 e.